The van der Waals surface area contributed by atoms with E-state index in [0.717, 1.165) is 12.0 Å². The van der Waals surface area contributed by atoms with Crippen molar-refractivity contribution >= 4 is 0 Å². The summed E-state index contributed by atoms with van der Waals surface area (Å²) in [5.74, 6) is 0. The Morgan fingerprint density at radius 1 is 1.41 bits per heavy atom. The van der Waals surface area contributed by atoms with Crippen LogP contribution in [0.3, 0.4) is 0 Å². The minimum Gasteiger partial charge on any atom is -0.385 e. The van der Waals surface area contributed by atoms with Crippen molar-refractivity contribution in [2.24, 2.45) is 0 Å². The first-order valence-electron chi connectivity index (χ1n) is 6.41. The molecule has 0 amide bonds. The van der Waals surface area contributed by atoms with E-state index in [-0.39, 0.29) is 5.60 Å². The Kier molecular flexibility index (Phi) is 3.28. The van der Waals surface area contributed by atoms with E-state index >= 15 is 0 Å². The van der Waals surface area contributed by atoms with Crippen LogP contribution in [-0.2, 0) is 10.3 Å². The number of benzene rings is 1. The maximum atomic E-state index is 10.9. The van der Waals surface area contributed by atoms with Gasteiger partial charge in [0.15, 0.2) is 0 Å². The molecule has 2 heteroatoms. The fraction of sp³-hybridized carbons (Fsp3) is 0.600. The van der Waals surface area contributed by atoms with E-state index < -0.39 is 5.60 Å². The lowest BCUT2D eigenvalue weighted by molar-refractivity contribution is -0.157. The van der Waals surface area contributed by atoms with Gasteiger partial charge in [-0.1, -0.05) is 36.8 Å². The number of aliphatic hydroxyl groups is 1. The molecule has 1 aliphatic heterocycles. The highest BCUT2D eigenvalue weighted by molar-refractivity contribution is 5.28. The summed E-state index contributed by atoms with van der Waals surface area (Å²) in [5, 5.41) is 10.9. The van der Waals surface area contributed by atoms with Crippen LogP contribution < -0.4 is 0 Å². The van der Waals surface area contributed by atoms with Crippen LogP contribution in [0.1, 0.15) is 44.2 Å². The minimum atomic E-state index is -0.727. The molecule has 0 aliphatic carbocycles. The summed E-state index contributed by atoms with van der Waals surface area (Å²) in [5.41, 5.74) is 1.30. The molecule has 1 saturated heterocycles. The molecule has 2 unspecified atom stereocenters. The number of ether oxygens (including phenoxy) is 1. The number of aryl methyl sites for hydroxylation is 1. The van der Waals surface area contributed by atoms with Crippen molar-refractivity contribution in [1.29, 1.82) is 0 Å². The molecule has 1 aliphatic rings. The summed E-state index contributed by atoms with van der Waals surface area (Å²) in [7, 11) is 0. The van der Waals surface area contributed by atoms with Gasteiger partial charge in [0.05, 0.1) is 17.8 Å². The highest BCUT2D eigenvalue weighted by Crippen LogP contribution is 2.40. The zero-order valence-electron chi connectivity index (χ0n) is 11.0. The third-order valence-electron chi connectivity index (χ3n) is 3.94. The van der Waals surface area contributed by atoms with Gasteiger partial charge in [-0.25, -0.2) is 0 Å². The molecular weight excluding hydrogens is 212 g/mol. The Hall–Kier alpha value is -0.860. The second kappa shape index (κ2) is 4.43. The van der Waals surface area contributed by atoms with Crippen molar-refractivity contribution in [2.75, 3.05) is 6.61 Å². The van der Waals surface area contributed by atoms with E-state index in [4.69, 9.17) is 4.74 Å². The average molecular weight is 234 g/mol. The van der Waals surface area contributed by atoms with Crippen LogP contribution >= 0.6 is 0 Å². The van der Waals surface area contributed by atoms with Crippen LogP contribution in [0.15, 0.2) is 24.3 Å². The number of hydrogen-bond acceptors (Lipinski definition) is 2. The average Bonchev–Trinajstić information content (AvgIpc) is 2.29. The van der Waals surface area contributed by atoms with Gasteiger partial charge < -0.3 is 9.84 Å². The van der Waals surface area contributed by atoms with Crippen LogP contribution in [0.2, 0.25) is 0 Å². The van der Waals surface area contributed by atoms with E-state index in [2.05, 4.69) is 32.9 Å². The Balaban J connectivity index is 2.29. The van der Waals surface area contributed by atoms with Gasteiger partial charge in [-0.2, -0.15) is 0 Å². The van der Waals surface area contributed by atoms with Crippen LogP contribution in [-0.4, -0.2) is 17.3 Å². The summed E-state index contributed by atoms with van der Waals surface area (Å²) in [6, 6.07) is 8.18. The lowest BCUT2D eigenvalue weighted by Crippen LogP contribution is -2.45. The van der Waals surface area contributed by atoms with E-state index in [1.54, 1.807) is 0 Å². The third kappa shape index (κ3) is 2.53. The molecule has 1 N–H and O–H groups in total. The molecule has 0 radical (unpaired) electrons. The van der Waals surface area contributed by atoms with Crippen LogP contribution in [0.25, 0.3) is 0 Å². The second-order valence-electron chi connectivity index (χ2n) is 5.48. The molecule has 0 spiro atoms. The maximum absolute atomic E-state index is 10.9. The first-order valence-corrected chi connectivity index (χ1v) is 6.41. The standard InChI is InChI=1S/C15H22O2/c1-4-14(3)11-15(16,8-9-17-14)13-7-5-6-12(2)10-13/h5-7,10,16H,4,8-9,11H2,1-3H3. The van der Waals surface area contributed by atoms with Crippen molar-refractivity contribution in [2.45, 2.75) is 51.2 Å². The Labute approximate surface area is 104 Å². The first kappa shape index (κ1) is 12.6. The SMILES string of the molecule is CCC1(C)CC(O)(c2cccc(C)c2)CCO1. The summed E-state index contributed by atoms with van der Waals surface area (Å²) in [6.07, 6.45) is 2.30. The quantitative estimate of drug-likeness (QED) is 0.851. The van der Waals surface area contributed by atoms with Gasteiger partial charge in [-0.05, 0) is 25.8 Å². The molecule has 17 heavy (non-hydrogen) atoms. The lowest BCUT2D eigenvalue weighted by Gasteiger charge is -2.43. The van der Waals surface area contributed by atoms with E-state index in [1.165, 1.54) is 5.56 Å². The molecule has 1 fully saturated rings. The van der Waals surface area contributed by atoms with Crippen molar-refractivity contribution in [3.63, 3.8) is 0 Å². The molecule has 2 atom stereocenters. The van der Waals surface area contributed by atoms with Gasteiger partial charge in [0.1, 0.15) is 0 Å². The Morgan fingerprint density at radius 2 is 2.18 bits per heavy atom. The fourth-order valence-electron chi connectivity index (χ4n) is 2.63. The largest absolute Gasteiger partial charge is 0.385 e. The Bertz CT molecular complexity index is 402. The fourth-order valence-corrected chi connectivity index (χ4v) is 2.63. The van der Waals surface area contributed by atoms with Gasteiger partial charge >= 0.3 is 0 Å². The molecule has 2 rings (SSSR count). The minimum absolute atomic E-state index is 0.198. The summed E-state index contributed by atoms with van der Waals surface area (Å²) in [6.45, 7) is 6.90. The van der Waals surface area contributed by atoms with Gasteiger partial charge in [0.2, 0.25) is 0 Å². The molecular formula is C15H22O2. The van der Waals surface area contributed by atoms with Crippen LogP contribution in [0.4, 0.5) is 0 Å². The van der Waals surface area contributed by atoms with E-state index in [1.807, 2.05) is 12.1 Å². The maximum Gasteiger partial charge on any atom is 0.0945 e. The number of rotatable bonds is 2. The third-order valence-corrected chi connectivity index (χ3v) is 3.94. The highest BCUT2D eigenvalue weighted by Gasteiger charge is 2.42. The summed E-state index contributed by atoms with van der Waals surface area (Å²) >= 11 is 0. The smallest absolute Gasteiger partial charge is 0.0945 e. The molecule has 0 aromatic heterocycles. The lowest BCUT2D eigenvalue weighted by atomic mass is 9.77. The molecule has 1 heterocycles. The molecule has 1 aromatic carbocycles. The zero-order chi connectivity index (χ0) is 12.5. The first-order chi connectivity index (χ1) is 7.97. The van der Waals surface area contributed by atoms with Crippen molar-refractivity contribution < 1.29 is 9.84 Å². The number of hydrogen-bond donors (Lipinski definition) is 1. The molecule has 94 valence electrons. The predicted octanol–water partition coefficient (Wildman–Crippen LogP) is 3.16. The molecule has 0 saturated carbocycles. The Morgan fingerprint density at radius 3 is 2.82 bits per heavy atom. The van der Waals surface area contributed by atoms with Crippen LogP contribution in [0.5, 0.6) is 0 Å². The molecule has 2 nitrogen and oxygen atoms in total. The van der Waals surface area contributed by atoms with Gasteiger partial charge in [0, 0.05) is 12.8 Å². The normalized spacial score (nSPS) is 33.6. The van der Waals surface area contributed by atoms with Gasteiger partial charge in [0.25, 0.3) is 0 Å². The highest BCUT2D eigenvalue weighted by atomic mass is 16.5. The van der Waals surface area contributed by atoms with Crippen LogP contribution in [0, 0.1) is 6.92 Å². The topological polar surface area (TPSA) is 29.5 Å². The predicted molar refractivity (Wildman–Crippen MR) is 69.0 cm³/mol. The van der Waals surface area contributed by atoms with Crippen molar-refractivity contribution in [3.05, 3.63) is 35.4 Å². The summed E-state index contributed by atoms with van der Waals surface area (Å²) < 4.78 is 5.80. The second-order valence-corrected chi connectivity index (χ2v) is 5.48. The summed E-state index contributed by atoms with van der Waals surface area (Å²) in [4.78, 5) is 0. The van der Waals surface area contributed by atoms with Gasteiger partial charge in [-0.3, -0.25) is 0 Å². The zero-order valence-corrected chi connectivity index (χ0v) is 11.0. The van der Waals surface area contributed by atoms with Gasteiger partial charge in [-0.15, -0.1) is 0 Å². The van der Waals surface area contributed by atoms with Crippen molar-refractivity contribution in [1.82, 2.24) is 0 Å². The molecule has 0 bridgehead atoms. The van der Waals surface area contributed by atoms with E-state index in [9.17, 15) is 5.11 Å². The van der Waals surface area contributed by atoms with Crippen molar-refractivity contribution in [3.8, 4) is 0 Å². The molecule has 1 aromatic rings. The monoisotopic (exact) mass is 234 g/mol. The van der Waals surface area contributed by atoms with E-state index in [0.29, 0.717) is 19.4 Å².